The number of nitrogen functional groups attached to an aromatic ring is 1. The minimum absolute atomic E-state index is 0.00472. The molecule has 0 saturated heterocycles. The van der Waals surface area contributed by atoms with Crippen molar-refractivity contribution >= 4 is 15.7 Å². The highest BCUT2D eigenvalue weighted by Gasteiger charge is 2.23. The minimum Gasteiger partial charge on any atom is -0.399 e. The second-order valence-corrected chi connectivity index (χ2v) is 6.10. The molecule has 0 heterocycles. The molecular formula is C11H16N2O2S. The molecule has 0 unspecified atom stereocenters. The molecule has 1 aromatic carbocycles. The first-order valence-electron chi connectivity index (χ1n) is 5.37. The van der Waals surface area contributed by atoms with Crippen molar-refractivity contribution in [3.05, 3.63) is 29.8 Å². The Labute approximate surface area is 95.9 Å². The molecule has 1 aliphatic carbocycles. The van der Waals surface area contributed by atoms with Crippen LogP contribution in [0.5, 0.6) is 0 Å². The number of sulfonamides is 1. The highest BCUT2D eigenvalue weighted by molar-refractivity contribution is 7.88. The van der Waals surface area contributed by atoms with Crippen molar-refractivity contribution in [2.45, 2.75) is 18.6 Å². The molecule has 0 bridgehead atoms. The van der Waals surface area contributed by atoms with E-state index in [0.717, 1.165) is 18.4 Å². The maximum atomic E-state index is 11.7. The quantitative estimate of drug-likeness (QED) is 0.757. The summed E-state index contributed by atoms with van der Waals surface area (Å²) < 4.78 is 26.0. The molecule has 1 fully saturated rings. The van der Waals surface area contributed by atoms with Crippen LogP contribution in [0.4, 0.5) is 5.69 Å². The van der Waals surface area contributed by atoms with Crippen molar-refractivity contribution in [3.8, 4) is 0 Å². The largest absolute Gasteiger partial charge is 0.399 e. The average molecular weight is 240 g/mol. The van der Waals surface area contributed by atoms with E-state index in [2.05, 4.69) is 4.72 Å². The van der Waals surface area contributed by atoms with Crippen LogP contribution in [0, 0.1) is 5.92 Å². The van der Waals surface area contributed by atoms with Gasteiger partial charge in [0.25, 0.3) is 0 Å². The molecule has 5 heteroatoms. The predicted octanol–water partition coefficient (Wildman–Crippen LogP) is 1.10. The first kappa shape index (κ1) is 11.4. The second-order valence-electron chi connectivity index (χ2n) is 4.30. The molecule has 0 aliphatic heterocycles. The summed E-state index contributed by atoms with van der Waals surface area (Å²) >= 11 is 0. The molecule has 2 rings (SSSR count). The maximum Gasteiger partial charge on any atom is 0.215 e. The Bertz CT molecular complexity index is 467. The lowest BCUT2D eigenvalue weighted by atomic mass is 10.2. The Kier molecular flexibility index (Phi) is 3.16. The molecule has 0 aromatic heterocycles. The zero-order chi connectivity index (χ0) is 11.6. The third-order valence-electron chi connectivity index (χ3n) is 2.60. The Hall–Kier alpha value is -1.07. The summed E-state index contributed by atoms with van der Waals surface area (Å²) in [7, 11) is -3.21. The van der Waals surface area contributed by atoms with Gasteiger partial charge in [-0.1, -0.05) is 12.1 Å². The zero-order valence-electron chi connectivity index (χ0n) is 9.02. The van der Waals surface area contributed by atoms with E-state index in [1.165, 1.54) is 0 Å². The van der Waals surface area contributed by atoms with Crippen LogP contribution in [-0.4, -0.2) is 15.0 Å². The fourth-order valence-corrected chi connectivity index (χ4v) is 2.73. The van der Waals surface area contributed by atoms with E-state index >= 15 is 0 Å². The Balaban J connectivity index is 1.96. The van der Waals surface area contributed by atoms with Gasteiger partial charge in [0.15, 0.2) is 0 Å². The van der Waals surface area contributed by atoms with Gasteiger partial charge in [-0.25, -0.2) is 13.1 Å². The fraction of sp³-hybridized carbons (Fsp3) is 0.455. The van der Waals surface area contributed by atoms with Gasteiger partial charge in [0.2, 0.25) is 10.0 Å². The molecule has 1 aromatic rings. The van der Waals surface area contributed by atoms with Crippen LogP contribution in [0.2, 0.25) is 0 Å². The number of nitrogens with two attached hydrogens (primary N) is 1. The third kappa shape index (κ3) is 3.50. The van der Waals surface area contributed by atoms with Gasteiger partial charge in [-0.15, -0.1) is 0 Å². The standard InChI is InChI=1S/C11H16N2O2S/c12-11-3-1-2-10(6-11)8-16(14,15)13-7-9-4-5-9/h1-3,6,9,13H,4-5,7-8,12H2. The monoisotopic (exact) mass is 240 g/mol. The number of anilines is 1. The molecular weight excluding hydrogens is 224 g/mol. The molecule has 1 aliphatic rings. The maximum absolute atomic E-state index is 11.7. The minimum atomic E-state index is -3.21. The van der Waals surface area contributed by atoms with Gasteiger partial charge in [0.05, 0.1) is 5.75 Å². The van der Waals surface area contributed by atoms with Gasteiger partial charge in [0.1, 0.15) is 0 Å². The number of hydrogen-bond donors (Lipinski definition) is 2. The number of rotatable bonds is 5. The summed E-state index contributed by atoms with van der Waals surface area (Å²) in [5, 5.41) is 0. The van der Waals surface area contributed by atoms with Crippen LogP contribution >= 0.6 is 0 Å². The van der Waals surface area contributed by atoms with Crippen LogP contribution < -0.4 is 10.5 Å². The smallest absolute Gasteiger partial charge is 0.215 e. The highest BCUT2D eigenvalue weighted by atomic mass is 32.2. The van der Waals surface area contributed by atoms with Crippen LogP contribution in [0.3, 0.4) is 0 Å². The van der Waals surface area contributed by atoms with E-state index in [0.29, 0.717) is 18.2 Å². The van der Waals surface area contributed by atoms with Crippen LogP contribution in [0.1, 0.15) is 18.4 Å². The first-order chi connectivity index (χ1) is 7.55. The van der Waals surface area contributed by atoms with E-state index in [9.17, 15) is 8.42 Å². The number of benzene rings is 1. The molecule has 0 spiro atoms. The highest BCUT2D eigenvalue weighted by Crippen LogP contribution is 2.27. The Morgan fingerprint density at radius 1 is 1.38 bits per heavy atom. The second kappa shape index (κ2) is 4.43. The number of hydrogen-bond acceptors (Lipinski definition) is 3. The summed E-state index contributed by atoms with van der Waals surface area (Å²) in [6.07, 6.45) is 2.28. The summed E-state index contributed by atoms with van der Waals surface area (Å²) in [5.41, 5.74) is 6.91. The molecule has 88 valence electrons. The van der Waals surface area contributed by atoms with Crippen molar-refractivity contribution < 1.29 is 8.42 Å². The van der Waals surface area contributed by atoms with Gasteiger partial charge in [0, 0.05) is 12.2 Å². The van der Waals surface area contributed by atoms with Crippen molar-refractivity contribution in [1.82, 2.24) is 4.72 Å². The van der Waals surface area contributed by atoms with Crippen molar-refractivity contribution in [1.29, 1.82) is 0 Å². The van der Waals surface area contributed by atoms with Gasteiger partial charge in [-0.2, -0.15) is 0 Å². The predicted molar refractivity (Wildman–Crippen MR) is 64.2 cm³/mol. The molecule has 4 nitrogen and oxygen atoms in total. The van der Waals surface area contributed by atoms with Gasteiger partial charge in [-0.3, -0.25) is 0 Å². The van der Waals surface area contributed by atoms with Crippen LogP contribution in [0.15, 0.2) is 24.3 Å². The molecule has 3 N–H and O–H groups in total. The van der Waals surface area contributed by atoms with E-state index in [4.69, 9.17) is 5.73 Å². The first-order valence-corrected chi connectivity index (χ1v) is 7.02. The lowest BCUT2D eigenvalue weighted by Crippen LogP contribution is -2.27. The lowest BCUT2D eigenvalue weighted by molar-refractivity contribution is 0.576. The molecule has 1 saturated carbocycles. The van der Waals surface area contributed by atoms with Crippen molar-refractivity contribution in [2.24, 2.45) is 5.92 Å². The molecule has 0 radical (unpaired) electrons. The van der Waals surface area contributed by atoms with Crippen LogP contribution in [0.25, 0.3) is 0 Å². The zero-order valence-corrected chi connectivity index (χ0v) is 9.83. The molecule has 16 heavy (non-hydrogen) atoms. The van der Waals surface area contributed by atoms with E-state index in [-0.39, 0.29) is 5.75 Å². The van der Waals surface area contributed by atoms with Crippen molar-refractivity contribution in [3.63, 3.8) is 0 Å². The summed E-state index contributed by atoms with van der Waals surface area (Å²) in [5.74, 6) is 0.556. The average Bonchev–Trinajstić information content (AvgIpc) is 2.97. The van der Waals surface area contributed by atoms with Crippen molar-refractivity contribution in [2.75, 3.05) is 12.3 Å². The SMILES string of the molecule is Nc1cccc(CS(=O)(=O)NCC2CC2)c1. The molecule has 0 atom stereocenters. The van der Waals surface area contributed by atoms with Gasteiger partial charge in [-0.05, 0) is 36.5 Å². The van der Waals surface area contributed by atoms with E-state index in [1.807, 2.05) is 0 Å². The third-order valence-corrected chi connectivity index (χ3v) is 3.92. The summed E-state index contributed by atoms with van der Waals surface area (Å²) in [4.78, 5) is 0. The summed E-state index contributed by atoms with van der Waals surface area (Å²) in [6, 6.07) is 6.97. The lowest BCUT2D eigenvalue weighted by Gasteiger charge is -2.06. The van der Waals surface area contributed by atoms with E-state index in [1.54, 1.807) is 24.3 Å². The Morgan fingerprint density at radius 2 is 2.12 bits per heavy atom. The Morgan fingerprint density at radius 3 is 2.75 bits per heavy atom. The van der Waals surface area contributed by atoms with Gasteiger partial charge >= 0.3 is 0 Å². The van der Waals surface area contributed by atoms with Crippen LogP contribution in [-0.2, 0) is 15.8 Å². The van der Waals surface area contributed by atoms with Gasteiger partial charge < -0.3 is 5.73 Å². The summed E-state index contributed by atoms with van der Waals surface area (Å²) in [6.45, 7) is 0.574. The molecule has 0 amide bonds. The normalized spacial score (nSPS) is 16.2. The van der Waals surface area contributed by atoms with E-state index < -0.39 is 10.0 Å². The fourth-order valence-electron chi connectivity index (χ4n) is 1.52. The topological polar surface area (TPSA) is 72.2 Å². The number of nitrogens with one attached hydrogen (secondary N) is 1.